The Morgan fingerprint density at radius 3 is 2.45 bits per heavy atom. The van der Waals surface area contributed by atoms with Crippen LogP contribution in [0.15, 0.2) is 79.4 Å². The molecule has 10 heteroatoms. The van der Waals surface area contributed by atoms with Gasteiger partial charge in [-0.2, -0.15) is 4.98 Å². The number of aryl methyl sites for hydroxylation is 2. The van der Waals surface area contributed by atoms with Gasteiger partial charge in [-0.05, 0) is 72.8 Å². The van der Waals surface area contributed by atoms with Crippen LogP contribution in [0.3, 0.4) is 0 Å². The van der Waals surface area contributed by atoms with Crippen molar-refractivity contribution in [2.75, 3.05) is 11.1 Å². The second kappa shape index (κ2) is 9.72. The van der Waals surface area contributed by atoms with Gasteiger partial charge in [-0.15, -0.1) is 11.3 Å². The predicted molar refractivity (Wildman–Crippen MR) is 132 cm³/mol. The van der Waals surface area contributed by atoms with E-state index < -0.39 is 9.84 Å². The number of aromatic nitrogens is 1. The van der Waals surface area contributed by atoms with E-state index in [4.69, 9.17) is 16.0 Å². The van der Waals surface area contributed by atoms with Crippen molar-refractivity contribution in [1.82, 2.24) is 4.98 Å². The number of sulfone groups is 1. The molecule has 1 N–H and O–H groups in total. The van der Waals surface area contributed by atoms with E-state index in [0.717, 1.165) is 22.9 Å². The largest absolute Gasteiger partial charge is 0.428 e. The number of carbonyl (C=O) groups is 1. The highest BCUT2D eigenvalue weighted by atomic mass is 35.5. The van der Waals surface area contributed by atoms with E-state index in [2.05, 4.69) is 10.3 Å². The number of hydrogen-bond donors (Lipinski definition) is 1. The summed E-state index contributed by atoms with van der Waals surface area (Å²) < 4.78 is 32.4. The highest BCUT2D eigenvalue weighted by Gasteiger charge is 2.29. The van der Waals surface area contributed by atoms with Crippen LogP contribution in [0, 0.1) is 13.8 Å². The van der Waals surface area contributed by atoms with Crippen LogP contribution in [0.1, 0.15) is 11.1 Å². The zero-order valence-corrected chi connectivity index (χ0v) is 20.9. The molecule has 0 atom stereocenters. The predicted octanol–water partition coefficient (Wildman–Crippen LogP) is 6.24. The molecule has 0 radical (unpaired) electrons. The number of nitrogens with zero attached hydrogens (tertiary/aromatic N) is 1. The molecule has 2 aromatic heterocycles. The van der Waals surface area contributed by atoms with Gasteiger partial charge in [0.2, 0.25) is 31.8 Å². The Morgan fingerprint density at radius 2 is 1.82 bits per heavy atom. The van der Waals surface area contributed by atoms with Gasteiger partial charge < -0.3 is 9.73 Å². The van der Waals surface area contributed by atoms with Crippen LogP contribution in [0.4, 0.5) is 5.69 Å². The molecule has 0 bridgehead atoms. The second-order valence-electron chi connectivity index (χ2n) is 7.26. The summed E-state index contributed by atoms with van der Waals surface area (Å²) in [5.41, 5.74) is 2.75. The quantitative estimate of drug-likeness (QED) is 0.291. The average Bonchev–Trinajstić information content (AvgIpc) is 3.42. The van der Waals surface area contributed by atoms with Crippen LogP contribution in [0.25, 0.3) is 10.8 Å². The molecule has 1 amide bonds. The third-order valence-electron chi connectivity index (χ3n) is 4.52. The summed E-state index contributed by atoms with van der Waals surface area (Å²) in [7, 11) is -3.99. The lowest BCUT2D eigenvalue weighted by molar-refractivity contribution is -0.113. The first kappa shape index (κ1) is 23.6. The molecular formula is C23H19ClN2O4S3. The minimum Gasteiger partial charge on any atom is -0.428 e. The van der Waals surface area contributed by atoms with Crippen LogP contribution in [-0.4, -0.2) is 25.1 Å². The van der Waals surface area contributed by atoms with Gasteiger partial charge in [-0.25, -0.2) is 8.42 Å². The van der Waals surface area contributed by atoms with Crippen LogP contribution in [0.2, 0.25) is 5.02 Å². The first-order valence-corrected chi connectivity index (χ1v) is 13.5. The van der Waals surface area contributed by atoms with Crippen molar-refractivity contribution < 1.29 is 17.6 Å². The van der Waals surface area contributed by atoms with Gasteiger partial charge in [0.25, 0.3) is 0 Å². The number of nitrogens with one attached hydrogen (secondary N) is 1. The normalized spacial score (nSPS) is 11.5. The molecule has 0 spiro atoms. The summed E-state index contributed by atoms with van der Waals surface area (Å²) in [6.45, 7) is 3.90. The fourth-order valence-corrected chi connectivity index (χ4v) is 6.26. The zero-order chi connectivity index (χ0) is 23.6. The minimum absolute atomic E-state index is 0.0412. The van der Waals surface area contributed by atoms with Gasteiger partial charge in [-0.1, -0.05) is 35.5 Å². The van der Waals surface area contributed by atoms with E-state index in [1.54, 1.807) is 6.07 Å². The maximum absolute atomic E-state index is 13.3. The first-order valence-electron chi connectivity index (χ1n) is 9.79. The Bertz CT molecular complexity index is 1380. The Hall–Kier alpha value is -2.59. The lowest BCUT2D eigenvalue weighted by atomic mass is 10.1. The minimum atomic E-state index is -3.99. The molecule has 4 aromatic rings. The summed E-state index contributed by atoms with van der Waals surface area (Å²) in [5.74, 6) is -0.140. The first-order chi connectivity index (χ1) is 15.7. The highest BCUT2D eigenvalue weighted by molar-refractivity contribution is 8.00. The maximum atomic E-state index is 13.3. The monoisotopic (exact) mass is 518 g/mol. The van der Waals surface area contributed by atoms with E-state index in [0.29, 0.717) is 15.6 Å². The van der Waals surface area contributed by atoms with Gasteiger partial charge in [-0.3, -0.25) is 4.79 Å². The summed E-state index contributed by atoms with van der Waals surface area (Å²) >= 11 is 8.27. The number of thiophene rings is 1. The lowest BCUT2D eigenvalue weighted by Gasteiger charge is -2.07. The van der Waals surface area contributed by atoms with Crippen molar-refractivity contribution >= 4 is 56.1 Å². The zero-order valence-electron chi connectivity index (χ0n) is 17.7. The molecule has 2 aromatic carbocycles. The maximum Gasteiger partial charge on any atom is 0.238 e. The summed E-state index contributed by atoms with van der Waals surface area (Å²) in [6, 6.07) is 15.2. The number of amides is 1. The summed E-state index contributed by atoms with van der Waals surface area (Å²) in [5, 5.41) is 4.94. The van der Waals surface area contributed by atoms with E-state index in [1.165, 1.54) is 35.6 Å². The van der Waals surface area contributed by atoms with Gasteiger partial charge in [0.1, 0.15) is 0 Å². The third kappa shape index (κ3) is 5.50. The number of carbonyl (C=O) groups excluding carboxylic acids is 1. The number of halogens is 1. The molecule has 0 saturated carbocycles. The smallest absolute Gasteiger partial charge is 0.238 e. The number of hydrogen-bond acceptors (Lipinski definition) is 7. The van der Waals surface area contributed by atoms with Crippen LogP contribution < -0.4 is 5.32 Å². The van der Waals surface area contributed by atoms with Crippen molar-refractivity contribution in [2.24, 2.45) is 0 Å². The molecule has 4 rings (SSSR count). The molecule has 0 aliphatic rings. The van der Waals surface area contributed by atoms with Crippen molar-refractivity contribution in [2.45, 2.75) is 28.9 Å². The molecule has 170 valence electrons. The number of benzene rings is 2. The molecule has 0 aliphatic heterocycles. The second-order valence-corrected chi connectivity index (χ2v) is 11.5. The van der Waals surface area contributed by atoms with Gasteiger partial charge in [0, 0.05) is 10.7 Å². The summed E-state index contributed by atoms with van der Waals surface area (Å²) in [4.78, 5) is 17.6. The molecule has 2 heterocycles. The molecule has 0 unspecified atom stereocenters. The Labute approximate surface area is 204 Å². The standard InChI is InChI=1S/C23H19ClN2O4S3/c1-14-10-15(2)12-17(11-14)25-20(27)13-32-23-22(26-21(30-23)19-4-3-9-31-19)33(28,29)18-7-5-16(24)6-8-18/h3-12H,13H2,1-2H3,(H,25,27). The third-order valence-corrected chi connectivity index (χ3v) is 8.38. The molecule has 0 fully saturated rings. The highest BCUT2D eigenvalue weighted by Crippen LogP contribution is 2.36. The summed E-state index contributed by atoms with van der Waals surface area (Å²) in [6.07, 6.45) is 0. The molecule has 33 heavy (non-hydrogen) atoms. The molecule has 6 nitrogen and oxygen atoms in total. The van der Waals surface area contributed by atoms with E-state index >= 15 is 0 Å². The average molecular weight is 519 g/mol. The Morgan fingerprint density at radius 1 is 1.12 bits per heavy atom. The molecular weight excluding hydrogens is 500 g/mol. The van der Waals surface area contributed by atoms with E-state index in [9.17, 15) is 13.2 Å². The number of thioether (sulfide) groups is 1. The topological polar surface area (TPSA) is 89.3 Å². The fraction of sp³-hybridized carbons (Fsp3) is 0.130. The van der Waals surface area contributed by atoms with Crippen LogP contribution >= 0.6 is 34.7 Å². The number of oxazole rings is 1. The van der Waals surface area contributed by atoms with Crippen LogP contribution in [0.5, 0.6) is 0 Å². The number of rotatable bonds is 7. The van der Waals surface area contributed by atoms with Crippen molar-refractivity contribution in [3.63, 3.8) is 0 Å². The molecule has 0 saturated heterocycles. The fourth-order valence-electron chi connectivity index (χ4n) is 3.16. The lowest BCUT2D eigenvalue weighted by Crippen LogP contribution is -2.14. The molecule has 0 aliphatic carbocycles. The van der Waals surface area contributed by atoms with Crippen molar-refractivity contribution in [1.29, 1.82) is 0 Å². The van der Waals surface area contributed by atoms with Gasteiger partial charge >= 0.3 is 0 Å². The van der Waals surface area contributed by atoms with Gasteiger partial charge in [0.05, 0.1) is 15.5 Å². The Kier molecular flexibility index (Phi) is 6.94. The Balaban J connectivity index is 1.61. The van der Waals surface area contributed by atoms with Crippen LogP contribution in [-0.2, 0) is 14.6 Å². The van der Waals surface area contributed by atoms with Gasteiger partial charge in [0.15, 0.2) is 0 Å². The van der Waals surface area contributed by atoms with E-state index in [-0.39, 0.29) is 32.6 Å². The van der Waals surface area contributed by atoms with E-state index in [1.807, 2.05) is 43.5 Å². The SMILES string of the molecule is Cc1cc(C)cc(NC(=O)CSc2oc(-c3cccs3)nc2S(=O)(=O)c2ccc(Cl)cc2)c1. The van der Waals surface area contributed by atoms with Crippen molar-refractivity contribution in [3.05, 3.63) is 76.1 Å². The number of anilines is 1. The van der Waals surface area contributed by atoms with Crippen molar-refractivity contribution in [3.8, 4) is 10.8 Å².